The van der Waals surface area contributed by atoms with Crippen molar-refractivity contribution >= 4 is 23.2 Å². The van der Waals surface area contributed by atoms with E-state index in [4.69, 9.17) is 4.74 Å². The zero-order valence-corrected chi connectivity index (χ0v) is 21.7. The standard InChI is InChI=1S/C27H26F2N6O3S/c28-20-9-5-18(6-10-20)16-34(24(36)17-35-32-26(31-33-35)23-4-2-14-39-23)25(19-7-11-21(29)12-8-19)27(37)30-15-22-3-1-13-38-22/h2,4-12,14,22,25H,1,3,13,15-17H2,(H,30,37)/t22-,25-/m0/s1. The van der Waals surface area contributed by atoms with Crippen LogP contribution in [0.1, 0.15) is 30.0 Å². The van der Waals surface area contributed by atoms with E-state index < -0.39 is 29.5 Å². The molecule has 12 heteroatoms. The minimum atomic E-state index is -1.11. The van der Waals surface area contributed by atoms with Crippen LogP contribution in [0.5, 0.6) is 0 Å². The van der Waals surface area contributed by atoms with E-state index in [1.165, 1.54) is 57.4 Å². The van der Waals surface area contributed by atoms with Crippen molar-refractivity contribution in [1.82, 2.24) is 30.4 Å². The van der Waals surface area contributed by atoms with Crippen LogP contribution in [0.4, 0.5) is 8.78 Å². The number of hydrogen-bond donors (Lipinski definition) is 1. The summed E-state index contributed by atoms with van der Waals surface area (Å²) < 4.78 is 33.0. The Morgan fingerprint density at radius 1 is 1.10 bits per heavy atom. The Bertz CT molecular complexity index is 1390. The predicted molar refractivity (Wildman–Crippen MR) is 139 cm³/mol. The molecular weight excluding hydrogens is 526 g/mol. The van der Waals surface area contributed by atoms with Crippen molar-refractivity contribution in [2.75, 3.05) is 13.2 Å². The minimum Gasteiger partial charge on any atom is -0.376 e. The van der Waals surface area contributed by atoms with Crippen LogP contribution in [0, 0.1) is 11.6 Å². The highest BCUT2D eigenvalue weighted by Crippen LogP contribution is 2.26. The first kappa shape index (κ1) is 26.6. The lowest BCUT2D eigenvalue weighted by atomic mass is 10.0. The van der Waals surface area contributed by atoms with Gasteiger partial charge in [0.25, 0.3) is 0 Å². The molecule has 2 aromatic carbocycles. The average Bonchev–Trinajstić information content (AvgIpc) is 3.72. The molecule has 5 rings (SSSR count). The fourth-order valence-electron chi connectivity index (χ4n) is 4.37. The predicted octanol–water partition coefficient (Wildman–Crippen LogP) is 3.75. The van der Waals surface area contributed by atoms with Crippen molar-refractivity contribution in [3.05, 3.63) is 88.8 Å². The SMILES string of the molecule is O=C(NC[C@@H]1CCCO1)[C@H](c1ccc(F)cc1)N(Cc1ccc(F)cc1)C(=O)Cn1nnc(-c2cccs2)n1. The third-order valence-electron chi connectivity index (χ3n) is 6.33. The molecule has 202 valence electrons. The second-order valence-electron chi connectivity index (χ2n) is 9.10. The molecule has 1 aliphatic rings. The monoisotopic (exact) mass is 552 g/mol. The number of benzene rings is 2. The van der Waals surface area contributed by atoms with Crippen LogP contribution < -0.4 is 5.32 Å². The summed E-state index contributed by atoms with van der Waals surface area (Å²) in [5.41, 5.74) is 1.03. The maximum atomic E-state index is 13.8. The van der Waals surface area contributed by atoms with Crippen LogP contribution in [0.2, 0.25) is 0 Å². The van der Waals surface area contributed by atoms with E-state index in [0.717, 1.165) is 17.7 Å². The summed E-state index contributed by atoms with van der Waals surface area (Å²) in [6, 6.07) is 13.7. The third-order valence-corrected chi connectivity index (χ3v) is 7.20. The van der Waals surface area contributed by atoms with E-state index in [9.17, 15) is 18.4 Å². The molecule has 1 saturated heterocycles. The number of thiophene rings is 1. The summed E-state index contributed by atoms with van der Waals surface area (Å²) in [7, 11) is 0. The second kappa shape index (κ2) is 12.2. The number of nitrogens with zero attached hydrogens (tertiary/aromatic N) is 5. The molecule has 9 nitrogen and oxygen atoms in total. The topological polar surface area (TPSA) is 102 Å². The van der Waals surface area contributed by atoms with E-state index in [0.29, 0.717) is 23.6 Å². The third kappa shape index (κ3) is 6.70. The molecule has 0 bridgehead atoms. The van der Waals surface area contributed by atoms with Crippen LogP contribution in [-0.2, 0) is 27.4 Å². The molecule has 2 amide bonds. The summed E-state index contributed by atoms with van der Waals surface area (Å²) in [6.45, 7) is 0.608. The highest BCUT2D eigenvalue weighted by Gasteiger charge is 2.33. The molecule has 1 N–H and O–H groups in total. The Morgan fingerprint density at radius 3 is 2.51 bits per heavy atom. The first-order chi connectivity index (χ1) is 19.0. The number of carbonyl (C=O) groups excluding carboxylic acids is 2. The van der Waals surface area contributed by atoms with Crippen LogP contribution >= 0.6 is 11.3 Å². The molecule has 0 radical (unpaired) electrons. The average molecular weight is 553 g/mol. The largest absolute Gasteiger partial charge is 0.376 e. The van der Waals surface area contributed by atoms with Gasteiger partial charge < -0.3 is 15.0 Å². The molecule has 2 aromatic heterocycles. The number of tetrazole rings is 1. The maximum absolute atomic E-state index is 13.8. The van der Waals surface area contributed by atoms with Crippen LogP contribution in [0.25, 0.3) is 10.7 Å². The molecular formula is C27H26F2N6O3S. The lowest BCUT2D eigenvalue weighted by molar-refractivity contribution is -0.142. The van der Waals surface area contributed by atoms with Crippen molar-refractivity contribution in [3.63, 3.8) is 0 Å². The van der Waals surface area contributed by atoms with Gasteiger partial charge in [0, 0.05) is 19.7 Å². The van der Waals surface area contributed by atoms with Crippen LogP contribution in [0.3, 0.4) is 0 Å². The van der Waals surface area contributed by atoms with Gasteiger partial charge in [-0.05, 0) is 64.9 Å². The van der Waals surface area contributed by atoms with Gasteiger partial charge in [0.05, 0.1) is 11.0 Å². The second-order valence-corrected chi connectivity index (χ2v) is 10.1. The number of nitrogens with one attached hydrogen (secondary N) is 1. The molecule has 2 atom stereocenters. The van der Waals surface area contributed by atoms with Gasteiger partial charge in [-0.15, -0.1) is 21.5 Å². The number of ether oxygens (including phenoxy) is 1. The number of rotatable bonds is 10. The van der Waals surface area contributed by atoms with Gasteiger partial charge in [-0.3, -0.25) is 9.59 Å². The minimum absolute atomic E-state index is 0.0129. The van der Waals surface area contributed by atoms with Gasteiger partial charge in [0.2, 0.25) is 17.6 Å². The number of hydrogen-bond acceptors (Lipinski definition) is 7. The molecule has 0 spiro atoms. The van der Waals surface area contributed by atoms with Gasteiger partial charge in [-0.2, -0.15) is 4.80 Å². The molecule has 0 aliphatic carbocycles. The highest BCUT2D eigenvalue weighted by atomic mass is 32.1. The van der Waals surface area contributed by atoms with E-state index in [1.807, 2.05) is 17.5 Å². The van der Waals surface area contributed by atoms with Crippen molar-refractivity contribution in [3.8, 4) is 10.7 Å². The summed E-state index contributed by atoms with van der Waals surface area (Å²) in [5.74, 6) is -1.43. The molecule has 0 saturated carbocycles. The Labute approximate surface area is 227 Å². The zero-order valence-electron chi connectivity index (χ0n) is 20.9. The lowest BCUT2D eigenvalue weighted by Crippen LogP contribution is -2.46. The van der Waals surface area contributed by atoms with Gasteiger partial charge in [0.1, 0.15) is 24.2 Å². The summed E-state index contributed by atoms with van der Waals surface area (Å²) in [5, 5.41) is 17.1. The zero-order chi connectivity index (χ0) is 27.2. The van der Waals surface area contributed by atoms with Crippen molar-refractivity contribution < 1.29 is 23.1 Å². The van der Waals surface area contributed by atoms with E-state index in [-0.39, 0.29) is 25.7 Å². The molecule has 3 heterocycles. The van der Waals surface area contributed by atoms with Crippen molar-refractivity contribution in [2.45, 2.75) is 38.1 Å². The summed E-state index contributed by atoms with van der Waals surface area (Å²) >= 11 is 1.44. The number of halogens is 2. The number of carbonyl (C=O) groups is 2. The smallest absolute Gasteiger partial charge is 0.247 e. The van der Waals surface area contributed by atoms with E-state index in [1.54, 1.807) is 12.1 Å². The molecule has 0 unspecified atom stereocenters. The fourth-order valence-corrected chi connectivity index (χ4v) is 5.02. The van der Waals surface area contributed by atoms with Gasteiger partial charge in [-0.25, -0.2) is 8.78 Å². The fraction of sp³-hybridized carbons (Fsp3) is 0.296. The van der Waals surface area contributed by atoms with E-state index in [2.05, 4.69) is 20.7 Å². The van der Waals surface area contributed by atoms with Crippen LogP contribution in [0.15, 0.2) is 66.0 Å². The van der Waals surface area contributed by atoms with Gasteiger partial charge in [-0.1, -0.05) is 30.3 Å². The highest BCUT2D eigenvalue weighted by molar-refractivity contribution is 7.13. The maximum Gasteiger partial charge on any atom is 0.247 e. The lowest BCUT2D eigenvalue weighted by Gasteiger charge is -2.31. The van der Waals surface area contributed by atoms with Crippen molar-refractivity contribution in [1.29, 1.82) is 0 Å². The summed E-state index contributed by atoms with van der Waals surface area (Å²) in [6.07, 6.45) is 1.62. The Kier molecular flexibility index (Phi) is 8.33. The Hall–Kier alpha value is -4.03. The molecule has 39 heavy (non-hydrogen) atoms. The number of aromatic nitrogens is 4. The Balaban J connectivity index is 1.45. The van der Waals surface area contributed by atoms with Gasteiger partial charge >= 0.3 is 0 Å². The molecule has 1 aliphatic heterocycles. The van der Waals surface area contributed by atoms with Crippen molar-refractivity contribution in [2.24, 2.45) is 0 Å². The normalized spacial score (nSPS) is 15.7. The first-order valence-corrected chi connectivity index (χ1v) is 13.3. The quantitative estimate of drug-likeness (QED) is 0.322. The van der Waals surface area contributed by atoms with Gasteiger partial charge in [0.15, 0.2) is 0 Å². The van der Waals surface area contributed by atoms with E-state index >= 15 is 0 Å². The van der Waals surface area contributed by atoms with Crippen LogP contribution in [-0.4, -0.2) is 56.2 Å². The molecule has 1 fully saturated rings. The summed E-state index contributed by atoms with van der Waals surface area (Å²) in [4.78, 5) is 30.7. The number of amides is 2. The first-order valence-electron chi connectivity index (χ1n) is 12.5. The Morgan fingerprint density at radius 2 is 1.85 bits per heavy atom. The molecule has 4 aromatic rings.